The Labute approximate surface area is 65.5 Å². The predicted octanol–water partition coefficient (Wildman–Crippen LogP) is 1.86. The summed E-state index contributed by atoms with van der Waals surface area (Å²) in [5.74, 6) is 0. The van der Waals surface area contributed by atoms with Gasteiger partial charge in [0.05, 0.1) is 11.7 Å². The van der Waals surface area contributed by atoms with Crippen LogP contribution in [-0.4, -0.2) is 9.78 Å². The van der Waals surface area contributed by atoms with Crippen LogP contribution in [0.4, 0.5) is 0 Å². The zero-order valence-corrected chi connectivity index (χ0v) is 6.41. The molecule has 0 unspecified atom stereocenters. The minimum Gasteiger partial charge on any atom is -0.265 e. The van der Waals surface area contributed by atoms with Gasteiger partial charge in [0.15, 0.2) is 0 Å². The maximum Gasteiger partial charge on any atom is 0.0682 e. The fourth-order valence-electron chi connectivity index (χ4n) is 1.22. The monoisotopic (exact) mass is 145 g/mol. The topological polar surface area (TPSA) is 17.8 Å². The lowest BCUT2D eigenvalue weighted by molar-refractivity contribution is 0.684. The molecule has 0 aliphatic carbocycles. The lowest BCUT2D eigenvalue weighted by atomic mass is 10.3. The number of nitrogens with zero attached hydrogens (tertiary/aromatic N) is 2. The van der Waals surface area contributed by atoms with E-state index in [1.807, 2.05) is 29.1 Å². The summed E-state index contributed by atoms with van der Waals surface area (Å²) in [5.41, 5.74) is 1.19. The Hall–Kier alpha value is -1.31. The molecule has 55 valence electrons. The van der Waals surface area contributed by atoms with Crippen molar-refractivity contribution in [2.24, 2.45) is 0 Å². The molecule has 2 heteroatoms. The molecule has 11 heavy (non-hydrogen) atoms. The van der Waals surface area contributed by atoms with Gasteiger partial charge in [0, 0.05) is 11.9 Å². The van der Waals surface area contributed by atoms with Crippen LogP contribution >= 0.6 is 0 Å². The molecule has 0 N–H and O–H groups in total. The number of aryl methyl sites for hydroxylation is 1. The van der Waals surface area contributed by atoms with Crippen LogP contribution in [0.5, 0.6) is 0 Å². The van der Waals surface area contributed by atoms with E-state index in [9.17, 15) is 0 Å². The van der Waals surface area contributed by atoms with Gasteiger partial charge < -0.3 is 0 Å². The van der Waals surface area contributed by atoms with Crippen LogP contribution in [0.3, 0.4) is 0 Å². The number of rotatable bonds is 1. The minimum atomic E-state index is 0.924. The Kier molecular flexibility index (Phi) is 1.39. The van der Waals surface area contributed by atoms with Crippen LogP contribution in [0.15, 0.2) is 24.4 Å². The van der Waals surface area contributed by atoms with Gasteiger partial charge in [-0.25, -0.2) is 0 Å². The van der Waals surface area contributed by atoms with E-state index in [1.165, 1.54) is 5.52 Å². The van der Waals surface area contributed by atoms with Crippen LogP contribution in [0.25, 0.3) is 10.9 Å². The zero-order valence-electron chi connectivity index (χ0n) is 6.41. The molecule has 2 rings (SSSR count). The summed E-state index contributed by atoms with van der Waals surface area (Å²) in [7, 11) is 0. The Morgan fingerprint density at radius 3 is 3.36 bits per heavy atom. The van der Waals surface area contributed by atoms with Crippen molar-refractivity contribution in [3.05, 3.63) is 30.5 Å². The third kappa shape index (κ3) is 0.909. The Morgan fingerprint density at radius 2 is 2.55 bits per heavy atom. The first-order valence-corrected chi connectivity index (χ1v) is 3.73. The van der Waals surface area contributed by atoms with Crippen molar-refractivity contribution in [3.63, 3.8) is 0 Å². The normalized spacial score (nSPS) is 10.6. The molecule has 1 radical (unpaired) electrons. The van der Waals surface area contributed by atoms with Gasteiger partial charge >= 0.3 is 0 Å². The Morgan fingerprint density at radius 1 is 1.64 bits per heavy atom. The number of hydrogen-bond acceptors (Lipinski definition) is 1. The number of hydrogen-bond donors (Lipinski definition) is 0. The maximum atomic E-state index is 4.21. The van der Waals surface area contributed by atoms with E-state index in [2.05, 4.69) is 18.1 Å². The molecule has 0 aliphatic rings. The molecular formula is C9H9N2. The van der Waals surface area contributed by atoms with Gasteiger partial charge in [-0.1, -0.05) is 6.07 Å². The summed E-state index contributed by atoms with van der Waals surface area (Å²) < 4.78 is 1.98. The summed E-state index contributed by atoms with van der Waals surface area (Å²) in [6, 6.07) is 8.92. The third-order valence-corrected chi connectivity index (χ3v) is 1.79. The molecule has 1 aromatic heterocycles. The molecule has 0 saturated carbocycles. The lowest BCUT2D eigenvalue weighted by Gasteiger charge is -1.95. The van der Waals surface area contributed by atoms with Gasteiger partial charge in [-0.05, 0) is 25.1 Å². The van der Waals surface area contributed by atoms with Crippen molar-refractivity contribution in [1.82, 2.24) is 9.78 Å². The Bertz CT molecular complexity index is 362. The summed E-state index contributed by atoms with van der Waals surface area (Å²) in [6.45, 7) is 3.01. The highest BCUT2D eigenvalue weighted by atomic mass is 15.3. The van der Waals surface area contributed by atoms with Crippen molar-refractivity contribution in [1.29, 1.82) is 0 Å². The number of benzene rings is 1. The van der Waals surface area contributed by atoms with E-state index in [0.29, 0.717) is 0 Å². The van der Waals surface area contributed by atoms with Gasteiger partial charge in [0.25, 0.3) is 0 Å². The molecule has 2 nitrogen and oxygen atoms in total. The first-order chi connectivity index (χ1) is 5.42. The first-order valence-electron chi connectivity index (χ1n) is 3.73. The largest absolute Gasteiger partial charge is 0.265 e. The highest BCUT2D eigenvalue weighted by Crippen LogP contribution is 2.11. The number of aromatic nitrogens is 2. The van der Waals surface area contributed by atoms with E-state index < -0.39 is 0 Å². The van der Waals surface area contributed by atoms with E-state index in [0.717, 1.165) is 11.9 Å². The summed E-state index contributed by atoms with van der Waals surface area (Å²) >= 11 is 0. The van der Waals surface area contributed by atoms with Crippen LogP contribution < -0.4 is 0 Å². The summed E-state index contributed by atoms with van der Waals surface area (Å²) in [5, 5.41) is 5.37. The maximum absolute atomic E-state index is 4.21. The average Bonchev–Trinajstić information content (AvgIpc) is 2.47. The molecule has 0 spiro atoms. The van der Waals surface area contributed by atoms with E-state index in [-0.39, 0.29) is 0 Å². The smallest absolute Gasteiger partial charge is 0.0682 e. The quantitative estimate of drug-likeness (QED) is 0.598. The second-order valence-corrected chi connectivity index (χ2v) is 2.45. The van der Waals surface area contributed by atoms with Crippen molar-refractivity contribution >= 4 is 10.9 Å². The standard InChI is InChI=1S/C9H9N2/c1-2-11-9-6-4-3-5-8(9)7-10-11/h4-7H,2H2,1H3. The van der Waals surface area contributed by atoms with E-state index >= 15 is 0 Å². The van der Waals surface area contributed by atoms with Crippen LogP contribution in [-0.2, 0) is 6.54 Å². The fourth-order valence-corrected chi connectivity index (χ4v) is 1.22. The lowest BCUT2D eigenvalue weighted by Crippen LogP contribution is -1.94. The summed E-state index contributed by atoms with van der Waals surface area (Å²) in [4.78, 5) is 0. The molecule has 1 heterocycles. The molecule has 1 aromatic carbocycles. The van der Waals surface area contributed by atoms with Gasteiger partial charge in [0.2, 0.25) is 0 Å². The summed E-state index contributed by atoms with van der Waals surface area (Å²) in [6.07, 6.45) is 1.87. The molecule has 0 bridgehead atoms. The predicted molar refractivity (Wildman–Crippen MR) is 44.2 cm³/mol. The zero-order chi connectivity index (χ0) is 7.68. The highest BCUT2D eigenvalue weighted by Gasteiger charge is 1.96. The van der Waals surface area contributed by atoms with E-state index in [4.69, 9.17) is 0 Å². The van der Waals surface area contributed by atoms with Gasteiger partial charge in [0.1, 0.15) is 0 Å². The van der Waals surface area contributed by atoms with Crippen molar-refractivity contribution in [2.75, 3.05) is 0 Å². The SMILES string of the molecule is CCn1ncc2c[c]ccc21. The third-order valence-electron chi connectivity index (χ3n) is 1.79. The minimum absolute atomic E-state index is 0.924. The van der Waals surface area contributed by atoms with Crippen LogP contribution in [0.1, 0.15) is 6.92 Å². The van der Waals surface area contributed by atoms with Gasteiger partial charge in [-0.3, -0.25) is 4.68 Å². The van der Waals surface area contributed by atoms with E-state index in [1.54, 1.807) is 0 Å². The molecule has 0 atom stereocenters. The second kappa shape index (κ2) is 2.38. The van der Waals surface area contributed by atoms with Crippen LogP contribution in [0.2, 0.25) is 0 Å². The Balaban J connectivity index is 2.76. The fraction of sp³-hybridized carbons (Fsp3) is 0.222. The molecular weight excluding hydrogens is 136 g/mol. The van der Waals surface area contributed by atoms with Gasteiger partial charge in [-0.15, -0.1) is 0 Å². The molecule has 0 fully saturated rings. The molecule has 0 saturated heterocycles. The highest BCUT2D eigenvalue weighted by molar-refractivity contribution is 5.78. The first kappa shape index (κ1) is 6.40. The second-order valence-electron chi connectivity index (χ2n) is 2.45. The van der Waals surface area contributed by atoms with Crippen molar-refractivity contribution in [3.8, 4) is 0 Å². The molecule has 0 amide bonds. The molecule has 0 aliphatic heterocycles. The van der Waals surface area contributed by atoms with Crippen molar-refractivity contribution in [2.45, 2.75) is 13.5 Å². The van der Waals surface area contributed by atoms with Gasteiger partial charge in [-0.2, -0.15) is 5.10 Å². The molecule has 2 aromatic rings. The van der Waals surface area contributed by atoms with Crippen molar-refractivity contribution < 1.29 is 0 Å². The number of fused-ring (bicyclic) bond motifs is 1. The van der Waals surface area contributed by atoms with Crippen LogP contribution in [0, 0.1) is 6.07 Å². The average molecular weight is 145 g/mol.